The summed E-state index contributed by atoms with van der Waals surface area (Å²) in [7, 11) is 0. The smallest absolute Gasteiger partial charge is 0.338 e. The number of carboxylic acids is 1. The number of esters is 1. The first-order valence-corrected chi connectivity index (χ1v) is 5.51. The zero-order chi connectivity index (χ0) is 12.3. The minimum absolute atomic E-state index is 0.432. The molecule has 16 heavy (non-hydrogen) atoms. The molecule has 2 atom stereocenters. The third kappa shape index (κ3) is 2.95. The fourth-order valence-electron chi connectivity index (χ4n) is 1.75. The molecule has 0 aliphatic carbocycles. The number of cyclic esters (lactones) is 1. The van der Waals surface area contributed by atoms with Gasteiger partial charge >= 0.3 is 11.9 Å². The molecule has 0 aromatic heterocycles. The molecule has 1 rings (SSSR count). The first-order valence-electron chi connectivity index (χ1n) is 5.51. The lowest BCUT2D eigenvalue weighted by molar-refractivity contribution is -0.163. The molecule has 0 amide bonds. The molecule has 2 unspecified atom stereocenters. The molecule has 1 aliphatic heterocycles. The normalized spacial score (nSPS) is 25.2. The van der Waals surface area contributed by atoms with Gasteiger partial charge in [0.05, 0.1) is 5.92 Å². The minimum Gasteiger partial charge on any atom is -0.481 e. The molecule has 5 nitrogen and oxygen atoms in total. The van der Waals surface area contributed by atoms with Crippen molar-refractivity contribution < 1.29 is 24.2 Å². The molecular formula is C11H18O5. The quantitative estimate of drug-likeness (QED) is 0.725. The topological polar surface area (TPSA) is 72.8 Å². The number of hydrogen-bond donors (Lipinski definition) is 1. The molecule has 0 aromatic rings. The molecule has 0 radical (unpaired) electrons. The fraction of sp³-hybridized carbons (Fsp3) is 0.818. The maximum absolute atomic E-state index is 11.5. The molecule has 1 heterocycles. The average Bonchev–Trinajstić information content (AvgIpc) is 2.40. The molecule has 0 bridgehead atoms. The lowest BCUT2D eigenvalue weighted by Gasteiger charge is -2.18. The van der Waals surface area contributed by atoms with E-state index in [4.69, 9.17) is 14.6 Å². The van der Waals surface area contributed by atoms with Crippen LogP contribution in [0, 0.1) is 5.92 Å². The number of carbonyl (C=O) groups is 2. The molecule has 1 N–H and O–H groups in total. The van der Waals surface area contributed by atoms with Gasteiger partial charge in [0.15, 0.2) is 6.10 Å². The molecule has 0 aromatic carbocycles. The largest absolute Gasteiger partial charge is 0.481 e. The number of carbonyl (C=O) groups excluding carboxylic acids is 1. The predicted octanol–water partition coefficient (Wildman–Crippen LogP) is 1.56. The van der Waals surface area contributed by atoms with E-state index in [1.807, 2.05) is 6.92 Å². The molecule has 5 heteroatoms. The van der Waals surface area contributed by atoms with E-state index in [-0.39, 0.29) is 0 Å². The summed E-state index contributed by atoms with van der Waals surface area (Å²) in [5.74, 6) is -3.40. The van der Waals surface area contributed by atoms with Gasteiger partial charge in [-0.25, -0.2) is 4.79 Å². The zero-order valence-corrected chi connectivity index (χ0v) is 9.86. The summed E-state index contributed by atoms with van der Waals surface area (Å²) in [6.45, 7) is 5.17. The van der Waals surface area contributed by atoms with Gasteiger partial charge < -0.3 is 14.6 Å². The van der Waals surface area contributed by atoms with Crippen molar-refractivity contribution in [3.63, 3.8) is 0 Å². The van der Waals surface area contributed by atoms with Crippen molar-refractivity contribution in [2.75, 3.05) is 0 Å². The average molecular weight is 230 g/mol. The Balaban J connectivity index is 2.72. The summed E-state index contributed by atoms with van der Waals surface area (Å²) in [5.41, 5.74) is 0. The third-order valence-electron chi connectivity index (χ3n) is 2.54. The van der Waals surface area contributed by atoms with E-state index in [0.29, 0.717) is 6.42 Å². The summed E-state index contributed by atoms with van der Waals surface area (Å²) in [6.07, 6.45) is 1.10. The van der Waals surface area contributed by atoms with Crippen molar-refractivity contribution in [2.24, 2.45) is 5.92 Å². The van der Waals surface area contributed by atoms with E-state index < -0.39 is 29.7 Å². The van der Waals surface area contributed by atoms with Crippen molar-refractivity contribution in [2.45, 2.75) is 51.9 Å². The highest BCUT2D eigenvalue weighted by atomic mass is 16.8. The predicted molar refractivity (Wildman–Crippen MR) is 55.7 cm³/mol. The lowest BCUT2D eigenvalue weighted by atomic mass is 9.96. The van der Waals surface area contributed by atoms with E-state index in [2.05, 4.69) is 0 Å². The maximum atomic E-state index is 11.5. The molecule has 0 saturated carbocycles. The van der Waals surface area contributed by atoms with Crippen LogP contribution < -0.4 is 0 Å². The van der Waals surface area contributed by atoms with Gasteiger partial charge in [-0.1, -0.05) is 19.8 Å². The standard InChI is InChI=1S/C11H18O5/c1-4-5-6-7(9(12)13)8-10(14)16-11(2,3)15-8/h7-8H,4-6H2,1-3H3,(H,12,13). The Kier molecular flexibility index (Phi) is 3.91. The summed E-state index contributed by atoms with van der Waals surface area (Å²) >= 11 is 0. The summed E-state index contributed by atoms with van der Waals surface area (Å²) in [5, 5.41) is 9.06. The van der Waals surface area contributed by atoms with Crippen LogP contribution in [-0.4, -0.2) is 28.9 Å². The van der Waals surface area contributed by atoms with Gasteiger partial charge in [0.1, 0.15) is 0 Å². The minimum atomic E-state index is -1.01. The first-order chi connectivity index (χ1) is 7.37. The van der Waals surface area contributed by atoms with E-state index in [1.165, 1.54) is 0 Å². The van der Waals surface area contributed by atoms with Crippen LogP contribution in [0.4, 0.5) is 0 Å². The van der Waals surface area contributed by atoms with Crippen molar-refractivity contribution in [3.8, 4) is 0 Å². The Morgan fingerprint density at radius 3 is 2.56 bits per heavy atom. The van der Waals surface area contributed by atoms with E-state index >= 15 is 0 Å². The number of unbranched alkanes of at least 4 members (excludes halogenated alkanes) is 1. The van der Waals surface area contributed by atoms with Crippen molar-refractivity contribution >= 4 is 11.9 Å². The van der Waals surface area contributed by atoms with Crippen LogP contribution in [0.2, 0.25) is 0 Å². The summed E-state index contributed by atoms with van der Waals surface area (Å²) in [6, 6.07) is 0. The second-order valence-corrected chi connectivity index (χ2v) is 4.45. The van der Waals surface area contributed by atoms with Crippen LogP contribution in [0.25, 0.3) is 0 Å². The molecule has 0 spiro atoms. The first kappa shape index (κ1) is 13.0. The van der Waals surface area contributed by atoms with Crippen molar-refractivity contribution in [1.29, 1.82) is 0 Å². The van der Waals surface area contributed by atoms with Crippen LogP contribution in [0.1, 0.15) is 40.0 Å². The molecule has 92 valence electrons. The highest BCUT2D eigenvalue weighted by Crippen LogP contribution is 2.30. The lowest BCUT2D eigenvalue weighted by Crippen LogP contribution is -2.34. The van der Waals surface area contributed by atoms with Gasteiger partial charge in [0, 0.05) is 13.8 Å². The van der Waals surface area contributed by atoms with Gasteiger partial charge in [0.2, 0.25) is 5.79 Å². The molecule has 1 fully saturated rings. The Bertz CT molecular complexity index is 284. The number of rotatable bonds is 5. The Labute approximate surface area is 94.7 Å². The third-order valence-corrected chi connectivity index (χ3v) is 2.54. The van der Waals surface area contributed by atoms with Crippen LogP contribution >= 0.6 is 0 Å². The number of carboxylic acid groups (broad SMARTS) is 1. The number of hydrogen-bond acceptors (Lipinski definition) is 4. The summed E-state index contributed by atoms with van der Waals surface area (Å²) < 4.78 is 10.3. The van der Waals surface area contributed by atoms with Gasteiger partial charge in [0.25, 0.3) is 0 Å². The Morgan fingerprint density at radius 1 is 1.56 bits per heavy atom. The highest BCUT2D eigenvalue weighted by Gasteiger charge is 2.47. The van der Waals surface area contributed by atoms with Crippen LogP contribution in [0.5, 0.6) is 0 Å². The maximum Gasteiger partial charge on any atom is 0.338 e. The van der Waals surface area contributed by atoms with Crippen molar-refractivity contribution in [1.82, 2.24) is 0 Å². The van der Waals surface area contributed by atoms with Gasteiger partial charge in [-0.2, -0.15) is 0 Å². The zero-order valence-electron chi connectivity index (χ0n) is 9.86. The number of ether oxygens (including phenoxy) is 2. The monoisotopic (exact) mass is 230 g/mol. The second-order valence-electron chi connectivity index (χ2n) is 4.45. The fourth-order valence-corrected chi connectivity index (χ4v) is 1.75. The van der Waals surface area contributed by atoms with Crippen LogP contribution in [-0.2, 0) is 19.1 Å². The SMILES string of the molecule is CCCCC(C(=O)O)C1OC(C)(C)OC1=O. The van der Waals surface area contributed by atoms with Gasteiger partial charge in [-0.15, -0.1) is 0 Å². The highest BCUT2D eigenvalue weighted by molar-refractivity contribution is 5.84. The van der Waals surface area contributed by atoms with Crippen LogP contribution in [0.15, 0.2) is 0 Å². The van der Waals surface area contributed by atoms with Gasteiger partial charge in [-0.05, 0) is 6.42 Å². The number of aliphatic carboxylic acids is 1. The van der Waals surface area contributed by atoms with Crippen molar-refractivity contribution in [3.05, 3.63) is 0 Å². The molecular weight excluding hydrogens is 212 g/mol. The Morgan fingerprint density at radius 2 is 2.19 bits per heavy atom. The van der Waals surface area contributed by atoms with Crippen LogP contribution in [0.3, 0.4) is 0 Å². The van der Waals surface area contributed by atoms with E-state index in [1.54, 1.807) is 13.8 Å². The second kappa shape index (κ2) is 4.82. The molecule has 1 aliphatic rings. The van der Waals surface area contributed by atoms with Gasteiger partial charge in [-0.3, -0.25) is 4.79 Å². The van der Waals surface area contributed by atoms with E-state index in [9.17, 15) is 9.59 Å². The molecule has 1 saturated heterocycles. The van der Waals surface area contributed by atoms with E-state index in [0.717, 1.165) is 12.8 Å². The Hall–Kier alpha value is -1.10. The summed E-state index contributed by atoms with van der Waals surface area (Å²) in [4.78, 5) is 22.5.